The number of aromatic nitrogens is 2. The van der Waals surface area contributed by atoms with Gasteiger partial charge in [-0.15, -0.1) is 0 Å². The van der Waals surface area contributed by atoms with E-state index in [-0.39, 0.29) is 20.3 Å². The maximum absolute atomic E-state index is 10.6. The normalized spacial score (nSPS) is 15.0. The first-order chi connectivity index (χ1) is 9.72. The molecule has 3 heterocycles. The van der Waals surface area contributed by atoms with E-state index in [1.54, 1.807) is 0 Å². The molecule has 1 aliphatic heterocycles. The van der Waals surface area contributed by atoms with E-state index >= 15 is 0 Å². The first-order valence-electron chi connectivity index (χ1n) is 6.53. The van der Waals surface area contributed by atoms with Crippen molar-refractivity contribution < 1.29 is 28.5 Å². The summed E-state index contributed by atoms with van der Waals surface area (Å²) in [5, 5.41) is 9.53. The number of carboxylic acids is 1. The summed E-state index contributed by atoms with van der Waals surface area (Å²) in [5.41, 5.74) is 0.840. The molecule has 1 aliphatic rings. The van der Waals surface area contributed by atoms with Crippen LogP contribution in [0.4, 0.5) is 5.82 Å². The van der Waals surface area contributed by atoms with Gasteiger partial charge in [0.1, 0.15) is 16.2 Å². The Labute approximate surface area is 133 Å². The van der Waals surface area contributed by atoms with Gasteiger partial charge in [0.15, 0.2) is 0 Å². The Morgan fingerprint density at radius 2 is 2.14 bits per heavy atom. The molecule has 114 valence electrons. The standard InChI is InChI=1S/C13H15N3O3S.ClH/c17-12(18)4-3-11-14-9-1-2-10(15-13(9)20-11)16-5-7-19-8-6-16;/h1-2H,3-8H2,(H,17,18);1H. The third kappa shape index (κ3) is 3.81. The molecule has 8 heteroatoms. The number of carbonyl (C=O) groups is 1. The number of carboxylic acid groups (broad SMARTS) is 1. The number of hydrogen-bond acceptors (Lipinski definition) is 6. The smallest absolute Gasteiger partial charge is 1.00 e. The number of morpholine rings is 1. The Balaban J connectivity index is 0.00000121. The maximum Gasteiger partial charge on any atom is 1.00 e. The number of nitrogens with zero attached hydrogens (tertiary/aromatic N) is 3. The molecular formula is C13H16ClN3O3S. The lowest BCUT2D eigenvalue weighted by Gasteiger charge is -2.27. The molecule has 0 radical (unpaired) electrons. The molecule has 1 saturated heterocycles. The lowest BCUT2D eigenvalue weighted by molar-refractivity contribution is -0.136. The summed E-state index contributed by atoms with van der Waals surface area (Å²) in [5.74, 6) is 0.139. The molecule has 0 amide bonds. The number of aliphatic carboxylic acids is 1. The first kappa shape index (κ1) is 15.9. The molecule has 0 atom stereocenters. The van der Waals surface area contributed by atoms with Crippen LogP contribution in [0.3, 0.4) is 0 Å². The SMILES string of the molecule is O=C(O)CCc1nc2ccc(N3CCOCC3)nc2s1.[Cl-].[H+]. The van der Waals surface area contributed by atoms with E-state index in [2.05, 4.69) is 14.9 Å². The minimum absolute atomic E-state index is 0. The van der Waals surface area contributed by atoms with Gasteiger partial charge < -0.3 is 27.2 Å². The van der Waals surface area contributed by atoms with Crippen molar-refractivity contribution in [1.29, 1.82) is 0 Å². The van der Waals surface area contributed by atoms with Crippen LogP contribution in [-0.2, 0) is 16.0 Å². The van der Waals surface area contributed by atoms with Gasteiger partial charge in [-0.3, -0.25) is 4.79 Å². The summed E-state index contributed by atoms with van der Waals surface area (Å²) in [7, 11) is 0. The van der Waals surface area contributed by atoms with Crippen LogP contribution in [0, 0.1) is 0 Å². The minimum atomic E-state index is -0.800. The topological polar surface area (TPSA) is 75.5 Å². The third-order valence-corrected chi connectivity index (χ3v) is 4.20. The van der Waals surface area contributed by atoms with E-state index in [0.717, 1.165) is 47.5 Å². The third-order valence-electron chi connectivity index (χ3n) is 3.17. The van der Waals surface area contributed by atoms with Gasteiger partial charge in [-0.05, 0) is 12.1 Å². The Bertz CT molecular complexity index is 634. The van der Waals surface area contributed by atoms with Crippen molar-refractivity contribution in [3.05, 3.63) is 17.1 Å². The zero-order valence-corrected chi connectivity index (χ0v) is 12.9. The Morgan fingerprint density at radius 1 is 1.38 bits per heavy atom. The van der Waals surface area contributed by atoms with Crippen LogP contribution >= 0.6 is 11.3 Å². The fourth-order valence-corrected chi connectivity index (χ4v) is 3.07. The largest absolute Gasteiger partial charge is 1.00 e. The molecule has 1 N–H and O–H groups in total. The quantitative estimate of drug-likeness (QED) is 0.748. The van der Waals surface area contributed by atoms with Gasteiger partial charge in [0.25, 0.3) is 0 Å². The number of halogens is 1. The van der Waals surface area contributed by atoms with E-state index < -0.39 is 5.97 Å². The summed E-state index contributed by atoms with van der Waals surface area (Å²) < 4.78 is 5.33. The molecule has 0 bridgehead atoms. The van der Waals surface area contributed by atoms with Gasteiger partial charge in [-0.25, -0.2) is 9.97 Å². The molecule has 2 aromatic rings. The highest BCUT2D eigenvalue weighted by molar-refractivity contribution is 7.18. The highest BCUT2D eigenvalue weighted by Crippen LogP contribution is 2.24. The highest BCUT2D eigenvalue weighted by atomic mass is 35.5. The second-order valence-corrected chi connectivity index (χ2v) is 5.66. The molecule has 0 aromatic carbocycles. The van der Waals surface area contributed by atoms with Gasteiger partial charge in [0.2, 0.25) is 0 Å². The molecule has 0 unspecified atom stereocenters. The van der Waals surface area contributed by atoms with E-state index in [9.17, 15) is 4.79 Å². The van der Waals surface area contributed by atoms with Crippen molar-refractivity contribution in [3.8, 4) is 0 Å². The predicted octanol–water partition coefficient (Wildman–Crippen LogP) is -1.34. The number of thiazole rings is 1. The number of rotatable bonds is 4. The highest BCUT2D eigenvalue weighted by Gasteiger charge is 2.14. The van der Waals surface area contributed by atoms with Gasteiger partial charge in [-0.2, -0.15) is 0 Å². The summed E-state index contributed by atoms with van der Waals surface area (Å²) in [4.78, 5) is 22.7. The summed E-state index contributed by atoms with van der Waals surface area (Å²) in [6.45, 7) is 3.16. The minimum Gasteiger partial charge on any atom is -1.00 e. The molecule has 0 saturated carbocycles. The molecular weight excluding hydrogens is 314 g/mol. The lowest BCUT2D eigenvalue weighted by Crippen LogP contribution is -3.00. The lowest BCUT2D eigenvalue weighted by atomic mass is 10.3. The molecule has 0 spiro atoms. The maximum atomic E-state index is 10.6. The second kappa shape index (κ2) is 7.02. The van der Waals surface area contributed by atoms with Crippen molar-refractivity contribution in [2.75, 3.05) is 31.2 Å². The van der Waals surface area contributed by atoms with Crippen molar-refractivity contribution in [2.24, 2.45) is 0 Å². The molecule has 6 nitrogen and oxygen atoms in total. The zero-order valence-electron chi connectivity index (χ0n) is 12.3. The van der Waals surface area contributed by atoms with E-state index in [0.29, 0.717) is 6.42 Å². The van der Waals surface area contributed by atoms with E-state index in [1.165, 1.54) is 11.3 Å². The van der Waals surface area contributed by atoms with Crippen molar-refractivity contribution in [3.63, 3.8) is 0 Å². The fourth-order valence-electron chi connectivity index (χ4n) is 2.14. The second-order valence-electron chi connectivity index (χ2n) is 4.59. The van der Waals surface area contributed by atoms with Gasteiger partial charge >= 0.3 is 7.40 Å². The first-order valence-corrected chi connectivity index (χ1v) is 7.35. The van der Waals surface area contributed by atoms with E-state index in [1.807, 2.05) is 12.1 Å². The summed E-state index contributed by atoms with van der Waals surface area (Å²) in [6, 6.07) is 3.92. The van der Waals surface area contributed by atoms with Gasteiger partial charge in [0.05, 0.1) is 24.6 Å². The molecule has 1 fully saturated rings. The fraction of sp³-hybridized carbons (Fsp3) is 0.462. The Hall–Kier alpha value is -1.44. The van der Waals surface area contributed by atoms with Crippen LogP contribution in [0.2, 0.25) is 0 Å². The number of fused-ring (bicyclic) bond motifs is 1. The monoisotopic (exact) mass is 329 g/mol. The summed E-state index contributed by atoms with van der Waals surface area (Å²) in [6.07, 6.45) is 0.569. The Kier molecular flexibility index (Phi) is 5.33. The van der Waals surface area contributed by atoms with Crippen molar-refractivity contribution in [1.82, 2.24) is 9.97 Å². The van der Waals surface area contributed by atoms with Gasteiger partial charge in [0, 0.05) is 19.5 Å². The van der Waals surface area contributed by atoms with Crippen molar-refractivity contribution >= 4 is 33.5 Å². The summed E-state index contributed by atoms with van der Waals surface area (Å²) >= 11 is 1.47. The van der Waals surface area contributed by atoms with Crippen LogP contribution in [-0.4, -0.2) is 47.3 Å². The van der Waals surface area contributed by atoms with Crippen LogP contribution in [0.15, 0.2) is 12.1 Å². The molecule has 2 aromatic heterocycles. The van der Waals surface area contributed by atoms with E-state index in [4.69, 9.17) is 9.84 Å². The van der Waals surface area contributed by atoms with Crippen LogP contribution in [0.5, 0.6) is 0 Å². The van der Waals surface area contributed by atoms with Crippen LogP contribution < -0.4 is 17.3 Å². The molecule has 3 rings (SSSR count). The van der Waals surface area contributed by atoms with Crippen molar-refractivity contribution in [2.45, 2.75) is 12.8 Å². The van der Waals surface area contributed by atoms with Crippen LogP contribution in [0.25, 0.3) is 10.3 Å². The Morgan fingerprint density at radius 3 is 2.86 bits per heavy atom. The number of anilines is 1. The number of aryl methyl sites for hydroxylation is 1. The average Bonchev–Trinajstić information content (AvgIpc) is 2.88. The number of ether oxygens (including phenoxy) is 1. The number of pyridine rings is 1. The van der Waals surface area contributed by atoms with Crippen LogP contribution in [0.1, 0.15) is 12.9 Å². The average molecular weight is 330 g/mol. The molecule has 0 aliphatic carbocycles. The zero-order chi connectivity index (χ0) is 13.9. The van der Waals surface area contributed by atoms with Gasteiger partial charge in [-0.1, -0.05) is 11.3 Å². The number of hydrogen-bond donors (Lipinski definition) is 1. The predicted molar refractivity (Wildman–Crippen MR) is 77.5 cm³/mol. The molecule has 21 heavy (non-hydrogen) atoms.